The summed E-state index contributed by atoms with van der Waals surface area (Å²) in [5, 5.41) is 4.11. The second-order valence-corrected chi connectivity index (χ2v) is 4.73. The van der Waals surface area contributed by atoms with E-state index in [1.165, 1.54) is 30.5 Å². The first-order valence-corrected chi connectivity index (χ1v) is 6.36. The van der Waals surface area contributed by atoms with Crippen molar-refractivity contribution in [2.45, 2.75) is 6.18 Å². The summed E-state index contributed by atoms with van der Waals surface area (Å²) in [6.07, 6.45) is -2.76. The largest absolute Gasteiger partial charge is 0.434 e. The van der Waals surface area contributed by atoms with E-state index in [1.807, 2.05) is 0 Å². The molecule has 126 valence electrons. The molecule has 3 aromatic rings. The molecule has 3 N–H and O–H groups in total. The molecule has 0 aliphatic rings. The van der Waals surface area contributed by atoms with Crippen molar-refractivity contribution >= 4 is 29.1 Å². The highest BCUT2D eigenvalue weighted by atomic mass is 35.5. The Morgan fingerprint density at radius 3 is 2.54 bits per heavy atom. The smallest absolute Gasteiger partial charge is 0.365 e. The summed E-state index contributed by atoms with van der Waals surface area (Å²) >= 11 is 0. The fourth-order valence-corrected chi connectivity index (χ4v) is 2.37. The highest BCUT2D eigenvalue weighted by molar-refractivity contribution is 5.95. The Kier molecular flexibility index (Phi) is 4.39. The highest BCUT2D eigenvalue weighted by Crippen LogP contribution is 2.34. The lowest BCUT2D eigenvalue weighted by Gasteiger charge is -2.13. The molecule has 0 saturated carbocycles. The molecule has 6 nitrogen and oxygen atoms in total. The molecule has 0 aliphatic heterocycles. The van der Waals surface area contributed by atoms with Gasteiger partial charge in [0.05, 0.1) is 17.4 Å². The van der Waals surface area contributed by atoms with Gasteiger partial charge >= 0.3 is 6.18 Å². The van der Waals surface area contributed by atoms with Crippen LogP contribution in [0.2, 0.25) is 0 Å². The van der Waals surface area contributed by atoms with Crippen molar-refractivity contribution in [3.8, 4) is 5.69 Å². The van der Waals surface area contributed by atoms with Crippen molar-refractivity contribution in [2.75, 3.05) is 0 Å². The predicted molar refractivity (Wildman–Crippen MR) is 82.5 cm³/mol. The number of aromatic amines is 1. The summed E-state index contributed by atoms with van der Waals surface area (Å²) in [7, 11) is 0. The van der Waals surface area contributed by atoms with Gasteiger partial charge in [-0.25, -0.2) is 4.68 Å². The maximum Gasteiger partial charge on any atom is 0.434 e. The second kappa shape index (κ2) is 6.00. The number of nitrogens with one attached hydrogen (secondary N) is 1. The maximum atomic E-state index is 13.3. The van der Waals surface area contributed by atoms with E-state index in [0.29, 0.717) is 4.68 Å². The number of H-pyrrole nitrogens is 1. The molecule has 10 heteroatoms. The van der Waals surface area contributed by atoms with Crippen molar-refractivity contribution in [1.29, 1.82) is 0 Å². The lowest BCUT2D eigenvalue weighted by molar-refractivity contribution is -0.143. The Bertz CT molecular complexity index is 978. The fraction of sp³-hybridized carbons (Fsp3) is 0.0714. The molecule has 0 unspecified atom stereocenters. The van der Waals surface area contributed by atoms with E-state index in [2.05, 4.69) is 10.1 Å². The van der Waals surface area contributed by atoms with E-state index in [4.69, 9.17) is 5.73 Å². The zero-order chi connectivity index (χ0) is 16.8. The summed E-state index contributed by atoms with van der Waals surface area (Å²) in [5.41, 5.74) is 2.55. The van der Waals surface area contributed by atoms with Crippen LogP contribution in [0.3, 0.4) is 0 Å². The van der Waals surface area contributed by atoms with Gasteiger partial charge in [-0.3, -0.25) is 9.59 Å². The number of hydrogen-bond acceptors (Lipinski definition) is 3. The number of benzene rings is 1. The van der Waals surface area contributed by atoms with Gasteiger partial charge in [0.25, 0.3) is 11.5 Å². The summed E-state index contributed by atoms with van der Waals surface area (Å²) in [6.45, 7) is 0. The number of hydrogen-bond donors (Lipinski definition) is 2. The quantitative estimate of drug-likeness (QED) is 0.735. The number of rotatable bonds is 2. The van der Waals surface area contributed by atoms with Gasteiger partial charge in [-0.05, 0) is 18.2 Å². The highest BCUT2D eigenvalue weighted by Gasteiger charge is 2.40. The summed E-state index contributed by atoms with van der Waals surface area (Å²) in [4.78, 5) is 25.5. The number of carbonyl (C=O) groups excluding carboxylic acids is 1. The second-order valence-electron chi connectivity index (χ2n) is 4.73. The minimum atomic E-state index is -4.84. The zero-order valence-electron chi connectivity index (χ0n) is 11.8. The Labute approximate surface area is 138 Å². The van der Waals surface area contributed by atoms with E-state index >= 15 is 0 Å². The average Bonchev–Trinajstić information content (AvgIpc) is 2.92. The van der Waals surface area contributed by atoms with Crippen molar-refractivity contribution in [3.63, 3.8) is 0 Å². The topological polar surface area (TPSA) is 93.8 Å². The molecule has 0 fully saturated rings. The van der Waals surface area contributed by atoms with E-state index in [-0.39, 0.29) is 28.9 Å². The average molecular weight is 359 g/mol. The lowest BCUT2D eigenvalue weighted by Crippen LogP contribution is -2.21. The molecule has 0 atom stereocenters. The van der Waals surface area contributed by atoms with Crippen LogP contribution >= 0.6 is 12.4 Å². The van der Waals surface area contributed by atoms with Crippen LogP contribution in [-0.2, 0) is 6.18 Å². The first-order chi connectivity index (χ1) is 10.8. The molecule has 0 bridgehead atoms. The third kappa shape index (κ3) is 2.73. The standard InChI is InChI=1S/C14H9F3N4O2.ClH/c15-14(16,17)11-9(12(18)22)6-20-21(11)10-3-1-2-8-7(10)4-5-19-13(8)23;/h1-6H,(H2,18,22)(H,19,23);1H. The Hall–Kier alpha value is -2.81. The molecular weight excluding hydrogens is 349 g/mol. The van der Waals surface area contributed by atoms with Gasteiger partial charge in [-0.15, -0.1) is 12.4 Å². The first-order valence-electron chi connectivity index (χ1n) is 6.36. The number of amides is 1. The lowest BCUT2D eigenvalue weighted by atomic mass is 10.1. The zero-order valence-corrected chi connectivity index (χ0v) is 12.6. The fourth-order valence-electron chi connectivity index (χ4n) is 2.37. The SMILES string of the molecule is Cl.NC(=O)c1cnn(-c2cccc3c(=O)[nH]ccc23)c1C(F)(F)F. The number of carbonyl (C=O) groups is 1. The molecule has 2 aromatic heterocycles. The normalized spacial score (nSPS) is 11.3. The number of nitrogens with two attached hydrogens (primary N) is 1. The summed E-state index contributed by atoms with van der Waals surface area (Å²) in [6, 6.07) is 5.73. The van der Waals surface area contributed by atoms with Gasteiger partial charge < -0.3 is 10.7 Å². The van der Waals surface area contributed by atoms with Gasteiger partial charge in [-0.2, -0.15) is 18.3 Å². The predicted octanol–water partition coefficient (Wildman–Crippen LogP) is 2.25. The minimum absolute atomic E-state index is 0. The van der Waals surface area contributed by atoms with Gasteiger partial charge in [0, 0.05) is 17.0 Å². The number of nitrogens with zero attached hydrogens (tertiary/aromatic N) is 2. The van der Waals surface area contributed by atoms with Crippen molar-refractivity contribution < 1.29 is 18.0 Å². The van der Waals surface area contributed by atoms with E-state index < -0.39 is 28.9 Å². The molecule has 3 rings (SSSR count). The molecule has 1 amide bonds. The number of halogens is 4. The number of pyridine rings is 1. The van der Waals surface area contributed by atoms with Gasteiger partial charge in [-0.1, -0.05) is 6.07 Å². The maximum absolute atomic E-state index is 13.3. The number of fused-ring (bicyclic) bond motifs is 1. The monoisotopic (exact) mass is 358 g/mol. The third-order valence-corrected chi connectivity index (χ3v) is 3.32. The van der Waals surface area contributed by atoms with Gasteiger partial charge in [0.15, 0.2) is 5.69 Å². The molecule has 1 aromatic carbocycles. The number of aromatic nitrogens is 3. The summed E-state index contributed by atoms with van der Waals surface area (Å²) in [5.74, 6) is -1.23. The van der Waals surface area contributed by atoms with Crippen LogP contribution in [0.5, 0.6) is 0 Å². The van der Waals surface area contributed by atoms with E-state index in [0.717, 1.165) is 6.20 Å². The van der Waals surface area contributed by atoms with Crippen LogP contribution in [0, 0.1) is 0 Å². The van der Waals surface area contributed by atoms with Crippen LogP contribution in [-0.4, -0.2) is 20.7 Å². The van der Waals surface area contributed by atoms with Gasteiger partial charge in [0.2, 0.25) is 0 Å². The third-order valence-electron chi connectivity index (χ3n) is 3.32. The van der Waals surface area contributed by atoms with Crippen LogP contribution in [0.4, 0.5) is 13.2 Å². The Morgan fingerprint density at radius 2 is 1.92 bits per heavy atom. The summed E-state index contributed by atoms with van der Waals surface area (Å²) < 4.78 is 40.6. The Morgan fingerprint density at radius 1 is 1.21 bits per heavy atom. The Balaban J connectivity index is 0.00000208. The van der Waals surface area contributed by atoms with Crippen molar-refractivity contribution in [1.82, 2.24) is 14.8 Å². The van der Waals surface area contributed by atoms with E-state index in [1.54, 1.807) is 0 Å². The van der Waals surface area contributed by atoms with Gasteiger partial charge in [0.1, 0.15) is 0 Å². The molecule has 0 aliphatic carbocycles. The van der Waals surface area contributed by atoms with Crippen LogP contribution < -0.4 is 11.3 Å². The van der Waals surface area contributed by atoms with Crippen LogP contribution in [0.25, 0.3) is 16.5 Å². The van der Waals surface area contributed by atoms with Crippen molar-refractivity contribution in [3.05, 3.63) is 58.3 Å². The van der Waals surface area contributed by atoms with Crippen LogP contribution in [0.15, 0.2) is 41.5 Å². The molecular formula is C14H10ClF3N4O2. The van der Waals surface area contributed by atoms with E-state index in [9.17, 15) is 22.8 Å². The number of primary amides is 1. The van der Waals surface area contributed by atoms with Crippen LogP contribution in [0.1, 0.15) is 16.1 Å². The number of alkyl halides is 3. The molecule has 0 spiro atoms. The minimum Gasteiger partial charge on any atom is -0.365 e. The molecule has 0 saturated heterocycles. The molecule has 2 heterocycles. The van der Waals surface area contributed by atoms with Crippen molar-refractivity contribution in [2.24, 2.45) is 5.73 Å². The molecule has 24 heavy (non-hydrogen) atoms. The molecule has 0 radical (unpaired) electrons. The first kappa shape index (κ1) is 17.5.